The van der Waals surface area contributed by atoms with Gasteiger partial charge in [0.05, 0.1) is 12.5 Å². The molecule has 0 aromatic rings. The van der Waals surface area contributed by atoms with Gasteiger partial charge < -0.3 is 15.7 Å². The lowest BCUT2D eigenvalue weighted by Gasteiger charge is -2.41. The van der Waals surface area contributed by atoms with Crippen molar-refractivity contribution >= 4 is 11.9 Å². The van der Waals surface area contributed by atoms with E-state index in [9.17, 15) is 9.59 Å². The van der Waals surface area contributed by atoms with Crippen LogP contribution in [-0.4, -0.2) is 36.1 Å². The molecule has 0 radical (unpaired) electrons. The predicted octanol–water partition coefficient (Wildman–Crippen LogP) is 1.14. The van der Waals surface area contributed by atoms with Gasteiger partial charge >= 0.3 is 5.97 Å². The molecule has 2 atom stereocenters. The number of carboxylic acids is 1. The number of aliphatic carboxylic acids is 1. The van der Waals surface area contributed by atoms with Crippen molar-refractivity contribution < 1.29 is 14.7 Å². The fourth-order valence-electron chi connectivity index (χ4n) is 3.12. The summed E-state index contributed by atoms with van der Waals surface area (Å²) < 4.78 is 0. The number of hydrogen-bond donors (Lipinski definition) is 3. The molecule has 0 bridgehead atoms. The third kappa shape index (κ3) is 3.69. The maximum absolute atomic E-state index is 12.1. The summed E-state index contributed by atoms with van der Waals surface area (Å²) in [6.45, 7) is 3.56. The third-order valence-corrected chi connectivity index (χ3v) is 4.56. The van der Waals surface area contributed by atoms with Gasteiger partial charge in [0.15, 0.2) is 0 Å². The third-order valence-electron chi connectivity index (χ3n) is 4.56. The molecule has 2 fully saturated rings. The summed E-state index contributed by atoms with van der Waals surface area (Å²) in [6.07, 6.45) is 5.05. The average Bonchev–Trinajstić information content (AvgIpc) is 2.31. The maximum atomic E-state index is 12.1. The first-order valence-electron chi connectivity index (χ1n) is 7.24. The standard InChI is InChI=1S/C14H24N2O3/c1-10-3-6-15-11(7-10)13(19)16-9-14(4-2-5-14)8-12(17)18/h10-11,15H,2-9H2,1H3,(H,16,19)(H,17,18). The van der Waals surface area contributed by atoms with Crippen molar-refractivity contribution in [3.8, 4) is 0 Å². The van der Waals surface area contributed by atoms with Crippen LogP contribution in [0.4, 0.5) is 0 Å². The number of amides is 1. The van der Waals surface area contributed by atoms with E-state index in [1.165, 1.54) is 0 Å². The summed E-state index contributed by atoms with van der Waals surface area (Å²) in [6, 6.07) is -0.106. The van der Waals surface area contributed by atoms with Crippen LogP contribution in [0.5, 0.6) is 0 Å². The van der Waals surface area contributed by atoms with Crippen LogP contribution < -0.4 is 10.6 Å². The van der Waals surface area contributed by atoms with Crippen molar-refractivity contribution in [2.75, 3.05) is 13.1 Å². The summed E-state index contributed by atoms with van der Waals surface area (Å²) in [4.78, 5) is 23.0. The largest absolute Gasteiger partial charge is 0.481 e. The molecule has 1 saturated heterocycles. The van der Waals surface area contributed by atoms with Crippen LogP contribution in [0.15, 0.2) is 0 Å². The molecular weight excluding hydrogens is 244 g/mol. The highest BCUT2D eigenvalue weighted by molar-refractivity contribution is 5.82. The zero-order chi connectivity index (χ0) is 13.9. The molecule has 3 N–H and O–H groups in total. The van der Waals surface area contributed by atoms with Gasteiger partial charge in [-0.25, -0.2) is 0 Å². The summed E-state index contributed by atoms with van der Waals surface area (Å²) in [7, 11) is 0. The topological polar surface area (TPSA) is 78.4 Å². The van der Waals surface area contributed by atoms with Gasteiger partial charge in [-0.2, -0.15) is 0 Å². The number of hydrogen-bond acceptors (Lipinski definition) is 3. The van der Waals surface area contributed by atoms with Gasteiger partial charge in [-0.15, -0.1) is 0 Å². The van der Waals surface area contributed by atoms with Gasteiger partial charge in [-0.1, -0.05) is 13.3 Å². The Morgan fingerprint density at radius 1 is 1.42 bits per heavy atom. The van der Waals surface area contributed by atoms with E-state index in [4.69, 9.17) is 5.11 Å². The maximum Gasteiger partial charge on any atom is 0.303 e. The molecule has 1 saturated carbocycles. The minimum Gasteiger partial charge on any atom is -0.481 e. The summed E-state index contributed by atoms with van der Waals surface area (Å²) in [5, 5.41) is 15.1. The summed E-state index contributed by atoms with van der Waals surface area (Å²) >= 11 is 0. The number of carbonyl (C=O) groups is 2. The van der Waals surface area contributed by atoms with Gasteiger partial charge in [-0.3, -0.25) is 9.59 Å². The van der Waals surface area contributed by atoms with E-state index < -0.39 is 5.97 Å². The van der Waals surface area contributed by atoms with E-state index in [0.717, 1.165) is 38.6 Å². The highest BCUT2D eigenvalue weighted by Crippen LogP contribution is 2.43. The first-order chi connectivity index (χ1) is 9.01. The van der Waals surface area contributed by atoms with Crippen molar-refractivity contribution in [1.29, 1.82) is 0 Å². The fraction of sp³-hybridized carbons (Fsp3) is 0.857. The van der Waals surface area contributed by atoms with Crippen LogP contribution in [0.3, 0.4) is 0 Å². The highest BCUT2D eigenvalue weighted by Gasteiger charge is 2.39. The molecular formula is C14H24N2O3. The van der Waals surface area contributed by atoms with Crippen LogP contribution >= 0.6 is 0 Å². The van der Waals surface area contributed by atoms with E-state index in [-0.39, 0.29) is 23.8 Å². The van der Waals surface area contributed by atoms with Gasteiger partial charge in [0.2, 0.25) is 5.91 Å². The molecule has 1 aliphatic carbocycles. The molecule has 1 amide bonds. The number of carbonyl (C=O) groups excluding carboxylic acids is 1. The highest BCUT2D eigenvalue weighted by atomic mass is 16.4. The van der Waals surface area contributed by atoms with Crippen molar-refractivity contribution in [3.63, 3.8) is 0 Å². The first kappa shape index (κ1) is 14.3. The van der Waals surface area contributed by atoms with Crippen LogP contribution in [-0.2, 0) is 9.59 Å². The molecule has 5 nitrogen and oxygen atoms in total. The van der Waals surface area contributed by atoms with E-state index in [2.05, 4.69) is 17.6 Å². The number of rotatable bonds is 5. The Kier molecular flexibility index (Phi) is 4.45. The van der Waals surface area contributed by atoms with Gasteiger partial charge in [0, 0.05) is 6.54 Å². The molecule has 1 heterocycles. The summed E-state index contributed by atoms with van der Waals surface area (Å²) in [5.74, 6) is -0.157. The van der Waals surface area contributed by atoms with Crippen LogP contribution in [0.2, 0.25) is 0 Å². The van der Waals surface area contributed by atoms with E-state index in [1.807, 2.05) is 0 Å². The number of carboxylic acid groups (broad SMARTS) is 1. The van der Waals surface area contributed by atoms with Gasteiger partial charge in [0.1, 0.15) is 0 Å². The van der Waals surface area contributed by atoms with Crippen LogP contribution in [0, 0.1) is 11.3 Å². The molecule has 2 aliphatic rings. The number of piperidine rings is 1. The number of nitrogens with one attached hydrogen (secondary N) is 2. The molecule has 5 heteroatoms. The monoisotopic (exact) mass is 268 g/mol. The van der Waals surface area contributed by atoms with Crippen molar-refractivity contribution in [1.82, 2.24) is 10.6 Å². The second-order valence-corrected chi connectivity index (χ2v) is 6.28. The normalized spacial score (nSPS) is 29.3. The second-order valence-electron chi connectivity index (χ2n) is 6.28. The molecule has 0 aromatic heterocycles. The van der Waals surface area contributed by atoms with Crippen molar-refractivity contribution in [3.05, 3.63) is 0 Å². The zero-order valence-corrected chi connectivity index (χ0v) is 11.6. The lowest BCUT2D eigenvalue weighted by molar-refractivity contribution is -0.142. The quantitative estimate of drug-likeness (QED) is 0.698. The molecule has 2 unspecified atom stereocenters. The molecule has 0 aromatic carbocycles. The summed E-state index contributed by atoms with van der Waals surface area (Å²) in [5.41, 5.74) is -0.193. The minimum absolute atomic E-state index is 0.0308. The van der Waals surface area contributed by atoms with E-state index in [1.54, 1.807) is 0 Å². The Hall–Kier alpha value is -1.10. The van der Waals surface area contributed by atoms with Crippen molar-refractivity contribution in [2.45, 2.75) is 51.5 Å². The Bertz CT molecular complexity index is 353. The van der Waals surface area contributed by atoms with Crippen molar-refractivity contribution in [2.24, 2.45) is 11.3 Å². The van der Waals surface area contributed by atoms with Gasteiger partial charge in [-0.05, 0) is 43.6 Å². The van der Waals surface area contributed by atoms with Crippen LogP contribution in [0.25, 0.3) is 0 Å². The Morgan fingerprint density at radius 2 is 2.16 bits per heavy atom. The zero-order valence-electron chi connectivity index (χ0n) is 11.6. The molecule has 19 heavy (non-hydrogen) atoms. The van der Waals surface area contributed by atoms with Crippen LogP contribution in [0.1, 0.15) is 45.4 Å². The van der Waals surface area contributed by atoms with Gasteiger partial charge in [0.25, 0.3) is 0 Å². The molecule has 0 spiro atoms. The smallest absolute Gasteiger partial charge is 0.303 e. The fourth-order valence-corrected chi connectivity index (χ4v) is 3.12. The predicted molar refractivity (Wildman–Crippen MR) is 71.7 cm³/mol. The molecule has 1 aliphatic heterocycles. The Morgan fingerprint density at radius 3 is 2.68 bits per heavy atom. The average molecular weight is 268 g/mol. The Labute approximate surface area is 114 Å². The second kappa shape index (κ2) is 5.90. The SMILES string of the molecule is CC1CCNC(C(=O)NCC2(CC(=O)O)CCC2)C1. The van der Waals surface area contributed by atoms with E-state index >= 15 is 0 Å². The Balaban J connectivity index is 1.80. The lowest BCUT2D eigenvalue weighted by atomic mass is 9.66. The minimum atomic E-state index is -0.765. The molecule has 108 valence electrons. The lowest BCUT2D eigenvalue weighted by Crippen LogP contribution is -2.52. The van der Waals surface area contributed by atoms with E-state index in [0.29, 0.717) is 12.5 Å². The molecule has 2 rings (SSSR count). The first-order valence-corrected chi connectivity index (χ1v) is 7.24.